The van der Waals surface area contributed by atoms with E-state index < -0.39 is 0 Å². The molecule has 0 aliphatic carbocycles. The largest absolute Gasteiger partial charge is 0.380 e. The molecule has 0 fully saturated rings. The molecule has 17 heavy (non-hydrogen) atoms. The van der Waals surface area contributed by atoms with Crippen molar-refractivity contribution < 1.29 is 0 Å². The molecule has 1 rings (SSSR count). The minimum absolute atomic E-state index is 0.263. The first-order valence-corrected chi connectivity index (χ1v) is 6.52. The number of anilines is 1. The molecule has 0 saturated heterocycles. The lowest BCUT2D eigenvalue weighted by Gasteiger charge is -2.20. The second-order valence-corrected chi connectivity index (χ2v) is 5.37. The first-order valence-electron chi connectivity index (χ1n) is 5.73. The average molecular weight is 296 g/mol. The molecule has 0 heterocycles. The number of hydrogen-bond acceptors (Lipinski definition) is 3. The van der Waals surface area contributed by atoms with Crippen molar-refractivity contribution in [3.05, 3.63) is 28.2 Å². The predicted octanol–water partition coefficient (Wildman–Crippen LogP) is 3.11. The van der Waals surface area contributed by atoms with Crippen molar-refractivity contribution in [2.75, 3.05) is 11.9 Å². The summed E-state index contributed by atoms with van der Waals surface area (Å²) in [5, 5.41) is 12.2. The van der Waals surface area contributed by atoms with Crippen LogP contribution >= 0.6 is 15.9 Å². The Morgan fingerprint density at radius 3 is 2.65 bits per heavy atom. The number of benzene rings is 1. The summed E-state index contributed by atoms with van der Waals surface area (Å²) in [4.78, 5) is 0. The van der Waals surface area contributed by atoms with E-state index in [0.29, 0.717) is 18.0 Å². The highest BCUT2D eigenvalue weighted by atomic mass is 79.9. The fourth-order valence-electron chi connectivity index (χ4n) is 1.70. The fourth-order valence-corrected chi connectivity index (χ4v) is 2.20. The van der Waals surface area contributed by atoms with Gasteiger partial charge in [0.2, 0.25) is 0 Å². The summed E-state index contributed by atoms with van der Waals surface area (Å²) in [6, 6.07) is 7.90. The van der Waals surface area contributed by atoms with Gasteiger partial charge in [0.1, 0.15) is 0 Å². The van der Waals surface area contributed by atoms with Crippen LogP contribution in [0.25, 0.3) is 0 Å². The van der Waals surface area contributed by atoms with Gasteiger partial charge in [-0.1, -0.05) is 13.8 Å². The quantitative estimate of drug-likeness (QED) is 0.877. The summed E-state index contributed by atoms with van der Waals surface area (Å²) >= 11 is 3.46. The summed E-state index contributed by atoms with van der Waals surface area (Å²) < 4.78 is 0.902. The van der Waals surface area contributed by atoms with Crippen LogP contribution in [0.1, 0.15) is 25.8 Å². The van der Waals surface area contributed by atoms with Crippen molar-refractivity contribution >= 4 is 21.6 Å². The van der Waals surface area contributed by atoms with Gasteiger partial charge in [-0.25, -0.2) is 0 Å². The summed E-state index contributed by atoms with van der Waals surface area (Å²) in [6.45, 7) is 4.96. The Bertz CT molecular complexity index is 410. The molecule has 3 N–H and O–H groups in total. The lowest BCUT2D eigenvalue weighted by molar-refractivity contribution is 0.522. The maximum absolute atomic E-state index is 8.79. The van der Waals surface area contributed by atoms with Gasteiger partial charge in [-0.05, 0) is 46.5 Å². The summed E-state index contributed by atoms with van der Waals surface area (Å²) in [5.74, 6) is 0.605. The van der Waals surface area contributed by atoms with Gasteiger partial charge in [0.25, 0.3) is 0 Å². The summed E-state index contributed by atoms with van der Waals surface area (Å²) in [5.41, 5.74) is 7.38. The molecule has 1 atom stereocenters. The predicted molar refractivity (Wildman–Crippen MR) is 74.8 cm³/mol. The molecule has 4 heteroatoms. The highest BCUT2D eigenvalue weighted by Gasteiger charge is 2.10. The number of hydrogen-bond donors (Lipinski definition) is 2. The topological polar surface area (TPSA) is 61.8 Å². The maximum atomic E-state index is 8.79. The zero-order valence-corrected chi connectivity index (χ0v) is 11.8. The van der Waals surface area contributed by atoms with Gasteiger partial charge in [0.15, 0.2) is 0 Å². The van der Waals surface area contributed by atoms with Crippen LogP contribution in [-0.4, -0.2) is 12.6 Å². The number of nitrogens with two attached hydrogens (primary N) is 1. The van der Waals surface area contributed by atoms with Crippen LogP contribution in [0.2, 0.25) is 0 Å². The lowest BCUT2D eigenvalue weighted by Crippen LogP contribution is -2.30. The molecular formula is C13H18BrN3. The van der Waals surface area contributed by atoms with Crippen molar-refractivity contribution in [1.82, 2.24) is 0 Å². The van der Waals surface area contributed by atoms with Gasteiger partial charge >= 0.3 is 0 Å². The molecule has 1 aromatic carbocycles. The van der Waals surface area contributed by atoms with Gasteiger partial charge in [-0.15, -0.1) is 0 Å². The number of nitrogens with zero attached hydrogens (tertiary/aromatic N) is 1. The SMILES string of the molecule is CC(C)CC(CN)Nc1ccc(C#N)cc1Br. The number of nitriles is 1. The Morgan fingerprint density at radius 2 is 2.18 bits per heavy atom. The van der Waals surface area contributed by atoms with Crippen molar-refractivity contribution in [1.29, 1.82) is 5.26 Å². The van der Waals surface area contributed by atoms with E-state index in [1.54, 1.807) is 6.07 Å². The molecule has 0 aliphatic heterocycles. The zero-order valence-electron chi connectivity index (χ0n) is 10.2. The van der Waals surface area contributed by atoms with Crippen LogP contribution in [0.4, 0.5) is 5.69 Å². The second-order valence-electron chi connectivity index (χ2n) is 4.51. The molecule has 1 aromatic rings. The van der Waals surface area contributed by atoms with Crippen molar-refractivity contribution in [2.45, 2.75) is 26.3 Å². The molecule has 0 aliphatic rings. The zero-order chi connectivity index (χ0) is 12.8. The third-order valence-corrected chi connectivity index (χ3v) is 3.15. The lowest BCUT2D eigenvalue weighted by atomic mass is 10.0. The normalized spacial score (nSPS) is 12.2. The fraction of sp³-hybridized carbons (Fsp3) is 0.462. The highest BCUT2D eigenvalue weighted by molar-refractivity contribution is 9.10. The van der Waals surface area contributed by atoms with Crippen molar-refractivity contribution in [2.24, 2.45) is 11.7 Å². The Morgan fingerprint density at radius 1 is 1.47 bits per heavy atom. The molecule has 92 valence electrons. The van der Waals surface area contributed by atoms with Crippen molar-refractivity contribution in [3.63, 3.8) is 0 Å². The molecule has 0 saturated carbocycles. The standard InChI is InChI=1S/C13H18BrN3/c1-9(2)5-11(8-16)17-13-4-3-10(7-15)6-12(13)14/h3-4,6,9,11,17H,5,8,16H2,1-2H3. The van der Waals surface area contributed by atoms with Gasteiger partial charge in [0.05, 0.1) is 11.6 Å². The van der Waals surface area contributed by atoms with Crippen LogP contribution in [0, 0.1) is 17.2 Å². The Kier molecular flexibility index (Phi) is 5.46. The monoisotopic (exact) mass is 295 g/mol. The Balaban J connectivity index is 2.76. The van der Waals surface area contributed by atoms with E-state index in [-0.39, 0.29) is 6.04 Å². The van der Waals surface area contributed by atoms with Crippen LogP contribution < -0.4 is 11.1 Å². The van der Waals surface area contributed by atoms with E-state index in [1.165, 1.54) is 0 Å². The van der Waals surface area contributed by atoms with E-state index in [1.807, 2.05) is 12.1 Å². The molecule has 0 radical (unpaired) electrons. The molecule has 0 aromatic heterocycles. The average Bonchev–Trinajstić information content (AvgIpc) is 2.29. The first-order chi connectivity index (χ1) is 8.06. The van der Waals surface area contributed by atoms with Gasteiger partial charge in [-0.2, -0.15) is 5.26 Å². The first kappa shape index (κ1) is 14.0. The molecule has 0 spiro atoms. The minimum Gasteiger partial charge on any atom is -0.380 e. The molecule has 0 amide bonds. The molecular weight excluding hydrogens is 278 g/mol. The van der Waals surface area contributed by atoms with E-state index in [0.717, 1.165) is 16.6 Å². The third-order valence-electron chi connectivity index (χ3n) is 2.50. The number of rotatable bonds is 5. The number of nitrogens with one attached hydrogen (secondary N) is 1. The van der Waals surface area contributed by atoms with Crippen LogP contribution in [0.3, 0.4) is 0 Å². The van der Waals surface area contributed by atoms with E-state index >= 15 is 0 Å². The van der Waals surface area contributed by atoms with Crippen LogP contribution in [-0.2, 0) is 0 Å². The van der Waals surface area contributed by atoms with Crippen molar-refractivity contribution in [3.8, 4) is 6.07 Å². The molecule has 3 nitrogen and oxygen atoms in total. The smallest absolute Gasteiger partial charge is 0.0992 e. The number of halogens is 1. The molecule has 1 unspecified atom stereocenters. The van der Waals surface area contributed by atoms with Gasteiger partial charge in [-0.3, -0.25) is 0 Å². The van der Waals surface area contributed by atoms with Crippen LogP contribution in [0.5, 0.6) is 0 Å². The van der Waals surface area contributed by atoms with E-state index in [2.05, 4.69) is 41.2 Å². The Labute approximate surface area is 111 Å². The highest BCUT2D eigenvalue weighted by Crippen LogP contribution is 2.24. The minimum atomic E-state index is 0.263. The van der Waals surface area contributed by atoms with Crippen LogP contribution in [0.15, 0.2) is 22.7 Å². The van der Waals surface area contributed by atoms with Gasteiger partial charge in [0, 0.05) is 22.7 Å². The summed E-state index contributed by atoms with van der Waals surface area (Å²) in [7, 11) is 0. The molecule has 0 bridgehead atoms. The Hall–Kier alpha value is -1.05. The third kappa shape index (κ3) is 4.37. The second kappa shape index (κ2) is 6.63. The maximum Gasteiger partial charge on any atom is 0.0992 e. The van der Waals surface area contributed by atoms with Gasteiger partial charge < -0.3 is 11.1 Å². The van der Waals surface area contributed by atoms with E-state index in [9.17, 15) is 0 Å². The summed E-state index contributed by atoms with van der Waals surface area (Å²) in [6.07, 6.45) is 1.03. The van der Waals surface area contributed by atoms with E-state index in [4.69, 9.17) is 11.0 Å².